The van der Waals surface area contributed by atoms with E-state index in [0.29, 0.717) is 16.9 Å². The minimum atomic E-state index is -3.62. The molecule has 0 bridgehead atoms. The molecule has 0 radical (unpaired) electrons. The zero-order chi connectivity index (χ0) is 20.5. The summed E-state index contributed by atoms with van der Waals surface area (Å²) in [6, 6.07) is 10.1. The topological polar surface area (TPSA) is 84.5 Å². The maximum atomic E-state index is 12.9. The van der Waals surface area contributed by atoms with E-state index in [1.54, 1.807) is 20.1 Å². The van der Waals surface area contributed by atoms with E-state index in [0.717, 1.165) is 24.0 Å². The minimum absolute atomic E-state index is 0.0115. The number of methoxy groups -OCH3 is 1. The van der Waals surface area contributed by atoms with Crippen LogP contribution in [0.4, 0.5) is 0 Å². The number of hydrogen-bond donors (Lipinski definition) is 2. The average molecular weight is 403 g/mol. The van der Waals surface area contributed by atoms with Crippen LogP contribution < -0.4 is 14.8 Å². The maximum Gasteiger partial charge on any atom is 0.252 e. The summed E-state index contributed by atoms with van der Waals surface area (Å²) in [5.74, 6) is 0.372. The van der Waals surface area contributed by atoms with E-state index < -0.39 is 10.0 Å². The predicted octanol–water partition coefficient (Wildman–Crippen LogP) is 3.24. The van der Waals surface area contributed by atoms with Crippen LogP contribution in [-0.4, -0.2) is 27.5 Å². The van der Waals surface area contributed by atoms with Gasteiger partial charge in [0.15, 0.2) is 0 Å². The summed E-state index contributed by atoms with van der Waals surface area (Å²) in [5, 5.41) is 2.95. The van der Waals surface area contributed by atoms with Gasteiger partial charge in [-0.1, -0.05) is 23.8 Å². The van der Waals surface area contributed by atoms with Crippen molar-refractivity contribution in [1.29, 1.82) is 0 Å². The van der Waals surface area contributed by atoms with Crippen LogP contribution in [0.15, 0.2) is 41.3 Å². The van der Waals surface area contributed by atoms with E-state index in [-0.39, 0.29) is 22.9 Å². The summed E-state index contributed by atoms with van der Waals surface area (Å²) < 4.78 is 33.0. The number of amides is 1. The Hall–Kier alpha value is -2.38. The summed E-state index contributed by atoms with van der Waals surface area (Å²) >= 11 is 0. The van der Waals surface area contributed by atoms with Gasteiger partial charge in [-0.3, -0.25) is 4.79 Å². The Morgan fingerprint density at radius 2 is 1.86 bits per heavy atom. The second-order valence-corrected chi connectivity index (χ2v) is 9.03. The van der Waals surface area contributed by atoms with Crippen LogP contribution in [-0.2, 0) is 10.0 Å². The summed E-state index contributed by atoms with van der Waals surface area (Å²) in [5.41, 5.74) is 2.99. The Labute approximate surface area is 166 Å². The number of aryl methyl sites for hydroxylation is 2. The molecule has 7 heteroatoms. The molecule has 150 valence electrons. The Balaban J connectivity index is 1.84. The molecule has 0 heterocycles. The van der Waals surface area contributed by atoms with Gasteiger partial charge in [-0.25, -0.2) is 13.1 Å². The monoisotopic (exact) mass is 402 g/mol. The molecular formula is C21H26N2O4S. The van der Waals surface area contributed by atoms with Gasteiger partial charge in [0.05, 0.1) is 18.0 Å². The number of benzene rings is 2. The van der Waals surface area contributed by atoms with Crippen molar-refractivity contribution in [1.82, 2.24) is 10.0 Å². The largest absolute Gasteiger partial charge is 0.496 e. The number of ether oxygens (including phenoxy) is 1. The van der Waals surface area contributed by atoms with Gasteiger partial charge in [0.25, 0.3) is 5.91 Å². The molecule has 1 atom stereocenters. The fourth-order valence-corrected chi connectivity index (χ4v) is 4.38. The van der Waals surface area contributed by atoms with Gasteiger partial charge in [-0.05, 0) is 57.4 Å². The molecular weight excluding hydrogens is 376 g/mol. The second-order valence-electron chi connectivity index (χ2n) is 7.31. The minimum Gasteiger partial charge on any atom is -0.496 e. The van der Waals surface area contributed by atoms with Crippen molar-refractivity contribution in [3.63, 3.8) is 0 Å². The van der Waals surface area contributed by atoms with Crippen LogP contribution in [0.3, 0.4) is 0 Å². The molecule has 28 heavy (non-hydrogen) atoms. The lowest BCUT2D eigenvalue weighted by atomic mass is 10.0. The Morgan fingerprint density at radius 1 is 1.14 bits per heavy atom. The van der Waals surface area contributed by atoms with E-state index in [9.17, 15) is 13.2 Å². The molecule has 3 rings (SSSR count). The van der Waals surface area contributed by atoms with Crippen molar-refractivity contribution in [2.45, 2.75) is 50.6 Å². The maximum absolute atomic E-state index is 12.9. The summed E-state index contributed by atoms with van der Waals surface area (Å²) in [4.78, 5) is 13.0. The standard InChI is InChI=1S/C21H26N2O4S/c1-13-5-10-20(27-4)19(11-13)15(3)22-21(24)18-12-17(9-6-14(18)2)28(25,26)23-16-7-8-16/h5-6,9-12,15-16,23H,7-8H2,1-4H3,(H,22,24)/t15-/m0/s1. The normalized spacial score (nSPS) is 15.1. The first-order chi connectivity index (χ1) is 13.2. The molecule has 2 aromatic carbocycles. The molecule has 1 saturated carbocycles. The third kappa shape index (κ3) is 4.54. The van der Waals surface area contributed by atoms with Crippen LogP contribution in [0.1, 0.15) is 52.9 Å². The fourth-order valence-electron chi connectivity index (χ4n) is 3.05. The van der Waals surface area contributed by atoms with Gasteiger partial charge in [-0.2, -0.15) is 0 Å². The molecule has 1 amide bonds. The van der Waals surface area contributed by atoms with Gasteiger partial charge in [-0.15, -0.1) is 0 Å². The summed E-state index contributed by atoms with van der Waals surface area (Å²) in [7, 11) is -2.03. The fraction of sp³-hybridized carbons (Fsp3) is 0.381. The van der Waals surface area contributed by atoms with E-state index in [1.165, 1.54) is 12.1 Å². The quantitative estimate of drug-likeness (QED) is 0.745. The molecule has 0 aromatic heterocycles. The highest BCUT2D eigenvalue weighted by Crippen LogP contribution is 2.27. The van der Waals surface area contributed by atoms with E-state index in [4.69, 9.17) is 4.74 Å². The molecule has 2 aromatic rings. The molecule has 1 aliphatic carbocycles. The number of sulfonamides is 1. The smallest absolute Gasteiger partial charge is 0.252 e. The lowest BCUT2D eigenvalue weighted by Gasteiger charge is -2.19. The first-order valence-corrected chi connectivity index (χ1v) is 10.8. The van der Waals surface area contributed by atoms with E-state index >= 15 is 0 Å². The lowest BCUT2D eigenvalue weighted by Crippen LogP contribution is -2.29. The predicted molar refractivity (Wildman–Crippen MR) is 108 cm³/mol. The molecule has 0 spiro atoms. The van der Waals surface area contributed by atoms with Gasteiger partial charge >= 0.3 is 0 Å². The second kappa shape index (κ2) is 7.93. The van der Waals surface area contributed by atoms with Crippen molar-refractivity contribution < 1.29 is 17.9 Å². The van der Waals surface area contributed by atoms with Crippen molar-refractivity contribution >= 4 is 15.9 Å². The van der Waals surface area contributed by atoms with Gasteiger partial charge in [0.1, 0.15) is 5.75 Å². The van der Waals surface area contributed by atoms with Crippen LogP contribution in [0.2, 0.25) is 0 Å². The highest BCUT2D eigenvalue weighted by Gasteiger charge is 2.28. The highest BCUT2D eigenvalue weighted by molar-refractivity contribution is 7.89. The van der Waals surface area contributed by atoms with Crippen LogP contribution >= 0.6 is 0 Å². The number of carbonyl (C=O) groups is 1. The van der Waals surface area contributed by atoms with Crippen LogP contribution in [0, 0.1) is 13.8 Å². The van der Waals surface area contributed by atoms with E-state index in [1.807, 2.05) is 32.0 Å². The molecule has 2 N–H and O–H groups in total. The van der Waals surface area contributed by atoms with Crippen LogP contribution in [0.5, 0.6) is 5.75 Å². The SMILES string of the molecule is COc1ccc(C)cc1[C@H](C)NC(=O)c1cc(S(=O)(=O)NC2CC2)ccc1C. The molecule has 6 nitrogen and oxygen atoms in total. The van der Waals surface area contributed by atoms with Crippen molar-refractivity contribution in [2.24, 2.45) is 0 Å². The average Bonchev–Trinajstić information content (AvgIpc) is 3.45. The molecule has 1 fully saturated rings. The Kier molecular flexibility index (Phi) is 5.76. The van der Waals surface area contributed by atoms with Gasteiger partial charge in [0.2, 0.25) is 10.0 Å². The molecule has 0 unspecified atom stereocenters. The first kappa shape index (κ1) is 20.4. The van der Waals surface area contributed by atoms with Crippen molar-refractivity contribution in [2.75, 3.05) is 7.11 Å². The molecule has 0 aliphatic heterocycles. The zero-order valence-corrected chi connectivity index (χ0v) is 17.4. The van der Waals surface area contributed by atoms with E-state index in [2.05, 4.69) is 10.0 Å². The number of nitrogens with one attached hydrogen (secondary N) is 2. The number of carbonyl (C=O) groups excluding carboxylic acids is 1. The van der Waals surface area contributed by atoms with Crippen LogP contribution in [0.25, 0.3) is 0 Å². The third-order valence-corrected chi connectivity index (χ3v) is 6.38. The number of rotatable bonds is 7. The third-order valence-electron chi connectivity index (χ3n) is 4.86. The van der Waals surface area contributed by atoms with Gasteiger partial charge < -0.3 is 10.1 Å². The van der Waals surface area contributed by atoms with Gasteiger partial charge in [0, 0.05) is 17.2 Å². The summed E-state index contributed by atoms with van der Waals surface area (Å²) in [6.07, 6.45) is 1.71. The molecule has 1 aliphatic rings. The summed E-state index contributed by atoms with van der Waals surface area (Å²) in [6.45, 7) is 5.64. The van der Waals surface area contributed by atoms with Crippen molar-refractivity contribution in [3.8, 4) is 5.75 Å². The first-order valence-electron chi connectivity index (χ1n) is 9.29. The lowest BCUT2D eigenvalue weighted by molar-refractivity contribution is 0.0938. The van der Waals surface area contributed by atoms with Crippen molar-refractivity contribution in [3.05, 3.63) is 58.7 Å². The Morgan fingerprint density at radius 3 is 2.50 bits per heavy atom. The highest BCUT2D eigenvalue weighted by atomic mass is 32.2. The zero-order valence-electron chi connectivity index (χ0n) is 16.6. The number of hydrogen-bond acceptors (Lipinski definition) is 4. The Bertz CT molecular complexity index is 997. The molecule has 0 saturated heterocycles.